The van der Waals surface area contributed by atoms with Gasteiger partial charge in [0.25, 0.3) is 0 Å². The first-order valence-electron chi connectivity index (χ1n) is 45.2. The SMILES string of the molecule is CC/C=C\C/C=C\C/C=C\C/C=C\C/C=C\C/C=C\C/C=C\CCCCCCCCCCCCCCCCCCCCCC(=O)OC(COC(=O)CCCCCCCCCCCCCCCCCCCCCCCCCCCCCCCCCCCCCCCC)COC(OCC[N+](C)(C)C)C(=O)[O-]. The van der Waals surface area contributed by atoms with Gasteiger partial charge in [-0.3, -0.25) is 9.59 Å². The van der Waals surface area contributed by atoms with Crippen LogP contribution in [0.4, 0.5) is 0 Å². The van der Waals surface area contributed by atoms with E-state index in [9.17, 15) is 19.5 Å². The average molecular weight is 1460 g/mol. The molecule has 0 saturated heterocycles. The molecule has 9 heteroatoms. The monoisotopic (exact) mass is 1460 g/mol. The van der Waals surface area contributed by atoms with Crippen LogP contribution in [0.15, 0.2) is 85.1 Å². The molecular formula is C95H173NO8. The van der Waals surface area contributed by atoms with Crippen molar-refractivity contribution in [1.29, 1.82) is 0 Å². The summed E-state index contributed by atoms with van der Waals surface area (Å²) in [5.74, 6) is -2.25. The number of nitrogens with zero attached hydrogens (tertiary/aromatic N) is 1. The van der Waals surface area contributed by atoms with Crippen LogP contribution in [0.25, 0.3) is 0 Å². The summed E-state index contributed by atoms with van der Waals surface area (Å²) in [7, 11) is 5.95. The van der Waals surface area contributed by atoms with Crippen LogP contribution in [-0.2, 0) is 33.3 Å². The highest BCUT2D eigenvalue weighted by molar-refractivity contribution is 5.70. The molecule has 2 atom stereocenters. The van der Waals surface area contributed by atoms with Gasteiger partial charge in [0, 0.05) is 12.8 Å². The Morgan fingerprint density at radius 3 is 0.817 bits per heavy atom. The Morgan fingerprint density at radius 2 is 0.548 bits per heavy atom. The molecule has 0 aliphatic rings. The highest BCUT2D eigenvalue weighted by Gasteiger charge is 2.22. The molecule has 0 aromatic heterocycles. The molecule has 0 heterocycles. The van der Waals surface area contributed by atoms with Crippen molar-refractivity contribution in [3.05, 3.63) is 85.1 Å². The highest BCUT2D eigenvalue weighted by Crippen LogP contribution is 2.21. The fourth-order valence-corrected chi connectivity index (χ4v) is 13.6. The van der Waals surface area contributed by atoms with Crippen LogP contribution >= 0.6 is 0 Å². The molecule has 0 fully saturated rings. The van der Waals surface area contributed by atoms with Crippen molar-refractivity contribution < 1.29 is 42.9 Å². The number of esters is 2. The van der Waals surface area contributed by atoms with E-state index in [2.05, 4.69) is 98.9 Å². The van der Waals surface area contributed by atoms with E-state index in [1.165, 1.54) is 334 Å². The summed E-state index contributed by atoms with van der Waals surface area (Å²) >= 11 is 0. The van der Waals surface area contributed by atoms with Gasteiger partial charge in [-0.05, 0) is 70.6 Å². The lowest BCUT2D eigenvalue weighted by Gasteiger charge is -2.26. The number of carboxylic acids is 1. The highest BCUT2D eigenvalue weighted by atomic mass is 16.7. The van der Waals surface area contributed by atoms with Crippen LogP contribution in [0.5, 0.6) is 0 Å². The predicted octanol–water partition coefficient (Wildman–Crippen LogP) is 28.3. The number of unbranched alkanes of at least 4 members (excludes halogenated alkanes) is 56. The fourth-order valence-electron chi connectivity index (χ4n) is 13.6. The second-order valence-corrected chi connectivity index (χ2v) is 31.9. The Bertz CT molecular complexity index is 2000. The molecule has 0 saturated carbocycles. The minimum absolute atomic E-state index is 0.149. The number of aliphatic carboxylic acids is 1. The Balaban J connectivity index is 3.92. The number of rotatable bonds is 85. The molecule has 104 heavy (non-hydrogen) atoms. The predicted molar refractivity (Wildman–Crippen MR) is 449 cm³/mol. The van der Waals surface area contributed by atoms with E-state index in [0.29, 0.717) is 23.9 Å². The second kappa shape index (κ2) is 85.1. The summed E-state index contributed by atoms with van der Waals surface area (Å²) in [4.78, 5) is 37.7. The van der Waals surface area contributed by atoms with Crippen LogP contribution in [0.2, 0.25) is 0 Å². The number of carboxylic acid groups (broad SMARTS) is 1. The molecule has 606 valence electrons. The Hall–Kier alpha value is -3.53. The Labute approximate surface area is 646 Å². The molecule has 0 amide bonds. The molecule has 0 aliphatic carbocycles. The molecule has 2 unspecified atom stereocenters. The molecular weight excluding hydrogens is 1280 g/mol. The second-order valence-electron chi connectivity index (χ2n) is 31.9. The lowest BCUT2D eigenvalue weighted by molar-refractivity contribution is -0.870. The maximum Gasteiger partial charge on any atom is 0.306 e. The van der Waals surface area contributed by atoms with E-state index in [1.54, 1.807) is 0 Å². The van der Waals surface area contributed by atoms with Crippen LogP contribution in [0.1, 0.15) is 444 Å². The number of carbonyl (C=O) groups is 3. The van der Waals surface area contributed by atoms with Crippen molar-refractivity contribution in [2.45, 2.75) is 456 Å². The number of hydrogen-bond acceptors (Lipinski definition) is 8. The van der Waals surface area contributed by atoms with Gasteiger partial charge >= 0.3 is 11.9 Å². The van der Waals surface area contributed by atoms with Gasteiger partial charge in [-0.2, -0.15) is 0 Å². The summed E-state index contributed by atoms with van der Waals surface area (Å²) in [6.07, 6.45) is 115. The molecule has 9 nitrogen and oxygen atoms in total. The van der Waals surface area contributed by atoms with Gasteiger partial charge in [-0.15, -0.1) is 0 Å². The van der Waals surface area contributed by atoms with Crippen LogP contribution in [-0.4, -0.2) is 82.3 Å². The largest absolute Gasteiger partial charge is 0.545 e. The van der Waals surface area contributed by atoms with Crippen molar-refractivity contribution in [3.63, 3.8) is 0 Å². The van der Waals surface area contributed by atoms with Gasteiger partial charge in [-0.25, -0.2) is 0 Å². The number of ether oxygens (including phenoxy) is 4. The van der Waals surface area contributed by atoms with Crippen LogP contribution in [0.3, 0.4) is 0 Å². The third-order valence-corrected chi connectivity index (χ3v) is 20.4. The van der Waals surface area contributed by atoms with Crippen molar-refractivity contribution in [2.75, 3.05) is 47.5 Å². The number of carbonyl (C=O) groups excluding carboxylic acids is 3. The molecule has 0 N–H and O–H groups in total. The van der Waals surface area contributed by atoms with Gasteiger partial charge in [0.1, 0.15) is 13.2 Å². The molecule has 0 aromatic carbocycles. The summed E-state index contributed by atoms with van der Waals surface area (Å²) in [5, 5.41) is 11.9. The van der Waals surface area contributed by atoms with Gasteiger partial charge < -0.3 is 33.3 Å². The standard InChI is InChI=1S/C95H173NO8/c1-6-8-10-12-14-16-18-20-22-24-26-28-30-32-34-36-38-40-42-44-46-47-48-50-52-54-56-58-60-62-64-66-68-70-72-74-76-78-80-82-84-86-93(98)104-91(90-103-95(94(99)100)101-88-87-96(3,4)5)89-102-92(97)85-83-81-79-77-75-73-71-69-67-65-63-61-59-57-55-53-51-49-45-43-41-39-37-35-33-31-29-27-25-23-21-19-17-15-13-11-9-7-2/h8,10,14,16,20,22,26,28,32,34,38,40,44,46,91,95H,6-7,9,11-13,15,17-19,21,23-25,27,29-31,33,35-37,39,41-43,45,47-90H2,1-5H3/b10-8-,16-14-,22-20-,28-26-,34-32-,40-38-,46-44-. The zero-order valence-corrected chi connectivity index (χ0v) is 69.7. The minimum atomic E-state index is -1.62. The Kier molecular flexibility index (Phi) is 82.2. The smallest absolute Gasteiger partial charge is 0.306 e. The number of quaternary nitrogens is 1. The van der Waals surface area contributed by atoms with E-state index in [4.69, 9.17) is 18.9 Å². The third kappa shape index (κ3) is 85.7. The summed E-state index contributed by atoms with van der Waals surface area (Å²) in [6.45, 7) is 4.71. The summed E-state index contributed by atoms with van der Waals surface area (Å²) in [5.41, 5.74) is 0. The molecule has 0 rings (SSSR count). The number of likely N-dealkylation sites (N-methyl/N-ethyl adjacent to an activating group) is 1. The topological polar surface area (TPSA) is 111 Å². The lowest BCUT2D eigenvalue weighted by Crippen LogP contribution is -2.44. The van der Waals surface area contributed by atoms with Crippen LogP contribution < -0.4 is 5.11 Å². The first-order chi connectivity index (χ1) is 51.1. The van der Waals surface area contributed by atoms with E-state index in [0.717, 1.165) is 77.0 Å². The molecule has 0 spiro atoms. The van der Waals surface area contributed by atoms with Crippen molar-refractivity contribution in [1.82, 2.24) is 0 Å². The summed E-state index contributed by atoms with van der Waals surface area (Å²) < 4.78 is 22.9. The first-order valence-corrected chi connectivity index (χ1v) is 45.2. The molecule has 0 aromatic rings. The zero-order chi connectivity index (χ0) is 75.3. The summed E-state index contributed by atoms with van der Waals surface area (Å²) in [6, 6.07) is 0. The van der Waals surface area contributed by atoms with Crippen molar-refractivity contribution >= 4 is 17.9 Å². The normalized spacial score (nSPS) is 13.0. The minimum Gasteiger partial charge on any atom is -0.545 e. The fraction of sp³-hybridized carbons (Fsp3) is 0.821. The maximum atomic E-state index is 13.0. The van der Waals surface area contributed by atoms with Gasteiger partial charge in [-0.1, -0.05) is 446 Å². The van der Waals surface area contributed by atoms with Crippen LogP contribution in [0, 0.1) is 0 Å². The molecule has 0 aliphatic heterocycles. The van der Waals surface area contributed by atoms with Crippen molar-refractivity contribution in [3.8, 4) is 0 Å². The molecule has 0 radical (unpaired) electrons. The van der Waals surface area contributed by atoms with E-state index >= 15 is 0 Å². The lowest BCUT2D eigenvalue weighted by atomic mass is 10.0. The van der Waals surface area contributed by atoms with Crippen molar-refractivity contribution in [2.24, 2.45) is 0 Å². The van der Waals surface area contributed by atoms with E-state index in [1.807, 2.05) is 21.1 Å². The number of allylic oxidation sites excluding steroid dienone is 14. The Morgan fingerprint density at radius 1 is 0.298 bits per heavy atom. The maximum absolute atomic E-state index is 13.0. The quantitative estimate of drug-likeness (QED) is 0.0195. The van der Waals surface area contributed by atoms with E-state index in [-0.39, 0.29) is 32.2 Å². The average Bonchev–Trinajstić information content (AvgIpc) is 0.971. The van der Waals surface area contributed by atoms with Gasteiger partial charge in [0.15, 0.2) is 12.4 Å². The molecule has 0 bridgehead atoms. The third-order valence-electron chi connectivity index (χ3n) is 20.4. The van der Waals surface area contributed by atoms with E-state index < -0.39 is 24.3 Å². The number of hydrogen-bond donors (Lipinski definition) is 0. The zero-order valence-electron chi connectivity index (χ0n) is 69.7. The first kappa shape index (κ1) is 100. The van der Waals surface area contributed by atoms with Gasteiger partial charge in [0.2, 0.25) is 0 Å². The van der Waals surface area contributed by atoms with Gasteiger partial charge in [0.05, 0.1) is 40.3 Å².